The number of aryl methyl sites for hydroxylation is 1. The van der Waals surface area contributed by atoms with Crippen molar-refractivity contribution in [3.63, 3.8) is 0 Å². The average Bonchev–Trinajstić information content (AvgIpc) is 3.57. The number of amides is 4. The highest BCUT2D eigenvalue weighted by atomic mass is 16.3. The second-order valence-electron chi connectivity index (χ2n) is 8.50. The van der Waals surface area contributed by atoms with Crippen molar-refractivity contribution < 1.29 is 18.8 Å². The van der Waals surface area contributed by atoms with Crippen LogP contribution in [0.15, 0.2) is 82.5 Å². The van der Waals surface area contributed by atoms with Gasteiger partial charge in [0.25, 0.3) is 11.8 Å². The molecule has 1 N–H and O–H groups in total. The van der Waals surface area contributed by atoms with Gasteiger partial charge in [-0.25, -0.2) is 9.80 Å². The lowest BCUT2D eigenvalue weighted by Crippen LogP contribution is -2.41. The Balaban J connectivity index is 1.34. The zero-order valence-corrected chi connectivity index (χ0v) is 18.7. The molecule has 172 valence electrons. The van der Waals surface area contributed by atoms with Crippen LogP contribution in [0.3, 0.4) is 0 Å². The van der Waals surface area contributed by atoms with E-state index in [9.17, 15) is 14.4 Å². The summed E-state index contributed by atoms with van der Waals surface area (Å²) in [5.74, 6) is -0.274. The van der Waals surface area contributed by atoms with E-state index in [0.717, 1.165) is 27.3 Å². The molecule has 1 saturated heterocycles. The highest BCUT2D eigenvalue weighted by Crippen LogP contribution is 2.33. The van der Waals surface area contributed by atoms with Crippen LogP contribution in [0.2, 0.25) is 0 Å². The zero-order chi connectivity index (χ0) is 23.7. The number of carbonyl (C=O) groups excluding carboxylic acids is 3. The number of nitrogens with zero attached hydrogens (tertiary/aromatic N) is 3. The number of nitrogens with one attached hydrogen (secondary N) is 1. The minimum absolute atomic E-state index is 0.366. The molecule has 3 heterocycles. The van der Waals surface area contributed by atoms with Crippen molar-refractivity contribution in [3.8, 4) is 0 Å². The van der Waals surface area contributed by atoms with Gasteiger partial charge in [-0.3, -0.25) is 14.5 Å². The molecule has 2 atom stereocenters. The summed E-state index contributed by atoms with van der Waals surface area (Å²) in [6.45, 7) is 1.61. The van der Waals surface area contributed by atoms with E-state index in [-0.39, 0.29) is 0 Å². The van der Waals surface area contributed by atoms with Gasteiger partial charge in [0.15, 0.2) is 0 Å². The van der Waals surface area contributed by atoms with Crippen molar-refractivity contribution in [2.45, 2.75) is 31.8 Å². The van der Waals surface area contributed by atoms with E-state index in [1.807, 2.05) is 61.5 Å². The molecule has 0 bridgehead atoms. The molecule has 0 radical (unpaired) electrons. The Morgan fingerprint density at radius 2 is 1.82 bits per heavy atom. The maximum Gasteiger partial charge on any atom is 0.325 e. The largest absolute Gasteiger partial charge is 0.467 e. The minimum Gasteiger partial charge on any atom is -0.467 e. The van der Waals surface area contributed by atoms with Crippen LogP contribution in [-0.2, 0) is 16.0 Å². The fraction of sp³-hybridized carbons (Fsp3) is 0.231. The van der Waals surface area contributed by atoms with E-state index in [4.69, 9.17) is 4.42 Å². The van der Waals surface area contributed by atoms with Gasteiger partial charge in [0.2, 0.25) is 0 Å². The first-order valence-corrected chi connectivity index (χ1v) is 11.2. The Morgan fingerprint density at radius 1 is 1.06 bits per heavy atom. The smallest absolute Gasteiger partial charge is 0.325 e. The molecule has 5 rings (SSSR count). The summed E-state index contributed by atoms with van der Waals surface area (Å²) < 4.78 is 5.57. The van der Waals surface area contributed by atoms with Crippen LogP contribution in [0.25, 0.3) is 0 Å². The third-order valence-electron chi connectivity index (χ3n) is 6.11. The summed E-state index contributed by atoms with van der Waals surface area (Å²) in [4.78, 5) is 39.7. The Bertz CT molecular complexity index is 1240. The van der Waals surface area contributed by atoms with Crippen LogP contribution in [0.4, 0.5) is 4.79 Å². The molecular weight excluding hydrogens is 432 g/mol. The molecule has 8 nitrogen and oxygen atoms in total. The molecule has 2 aliphatic rings. The normalized spacial score (nSPS) is 20.0. The second-order valence-corrected chi connectivity index (χ2v) is 8.50. The lowest BCUT2D eigenvalue weighted by molar-refractivity contribution is -0.138. The molecule has 4 amide bonds. The van der Waals surface area contributed by atoms with Crippen molar-refractivity contribution in [1.82, 2.24) is 15.2 Å². The summed E-state index contributed by atoms with van der Waals surface area (Å²) in [5, 5.41) is 8.60. The van der Waals surface area contributed by atoms with E-state index < -0.39 is 36.5 Å². The molecule has 3 aromatic rings. The Kier molecular flexibility index (Phi) is 5.71. The SMILES string of the molecule is Cc1ccc(C2=NN(C(=O)CN3C(=O)N[C@H](Cc4ccccc4)C3=O)[C@H](c3ccco3)C2)cc1. The number of carbonyl (C=O) groups is 3. The Hall–Kier alpha value is -4.20. The Morgan fingerprint density at radius 3 is 2.53 bits per heavy atom. The van der Waals surface area contributed by atoms with Gasteiger partial charge in [-0.05, 0) is 30.2 Å². The summed E-state index contributed by atoms with van der Waals surface area (Å²) in [7, 11) is 0. The number of furan rings is 1. The molecule has 1 fully saturated rings. The van der Waals surface area contributed by atoms with Gasteiger partial charge in [-0.2, -0.15) is 5.10 Å². The lowest BCUT2D eigenvalue weighted by atomic mass is 10.0. The van der Waals surface area contributed by atoms with E-state index >= 15 is 0 Å². The number of hydrogen-bond donors (Lipinski definition) is 1. The van der Waals surface area contributed by atoms with E-state index in [2.05, 4.69) is 10.4 Å². The third-order valence-corrected chi connectivity index (χ3v) is 6.11. The molecule has 2 aliphatic heterocycles. The molecule has 0 saturated carbocycles. The average molecular weight is 457 g/mol. The molecule has 0 unspecified atom stereocenters. The van der Waals surface area contributed by atoms with Gasteiger partial charge in [-0.1, -0.05) is 60.2 Å². The van der Waals surface area contributed by atoms with Crippen molar-refractivity contribution in [2.75, 3.05) is 6.54 Å². The summed E-state index contributed by atoms with van der Waals surface area (Å²) in [6, 6.07) is 19.2. The van der Waals surface area contributed by atoms with Gasteiger partial charge in [0, 0.05) is 12.8 Å². The first kappa shape index (κ1) is 21.6. The standard InChI is InChI=1S/C26H24N4O4/c1-17-9-11-19(12-10-17)20-15-22(23-8-5-13-34-23)30(28-20)24(31)16-29-25(32)21(27-26(29)33)14-18-6-3-2-4-7-18/h2-13,21-22H,14-16H2,1H3,(H,27,33)/t21-,22+/m1/s1. The number of rotatable bonds is 6. The summed E-state index contributed by atoms with van der Waals surface area (Å²) in [5.41, 5.74) is 3.71. The van der Waals surface area contributed by atoms with Crippen molar-refractivity contribution in [2.24, 2.45) is 5.10 Å². The van der Waals surface area contributed by atoms with Gasteiger partial charge >= 0.3 is 6.03 Å². The summed E-state index contributed by atoms with van der Waals surface area (Å²) >= 11 is 0. The molecule has 8 heteroatoms. The Labute approximate surface area is 196 Å². The quantitative estimate of drug-likeness (QED) is 0.575. The lowest BCUT2D eigenvalue weighted by Gasteiger charge is -2.22. The van der Waals surface area contributed by atoms with Gasteiger partial charge in [0.05, 0.1) is 12.0 Å². The minimum atomic E-state index is -0.700. The van der Waals surface area contributed by atoms with Crippen LogP contribution in [0.5, 0.6) is 0 Å². The highest BCUT2D eigenvalue weighted by molar-refractivity contribution is 6.07. The van der Waals surface area contributed by atoms with Crippen LogP contribution in [0.1, 0.15) is 34.9 Å². The summed E-state index contributed by atoms with van der Waals surface area (Å²) in [6.07, 6.45) is 2.39. The molecule has 34 heavy (non-hydrogen) atoms. The number of benzene rings is 2. The predicted molar refractivity (Wildman–Crippen MR) is 125 cm³/mol. The maximum absolute atomic E-state index is 13.3. The molecular formula is C26H24N4O4. The number of urea groups is 1. The number of hydrazone groups is 1. The molecule has 1 aromatic heterocycles. The van der Waals surface area contributed by atoms with E-state index in [1.54, 1.807) is 18.4 Å². The van der Waals surface area contributed by atoms with Crippen molar-refractivity contribution in [3.05, 3.63) is 95.4 Å². The topological polar surface area (TPSA) is 95.2 Å². The predicted octanol–water partition coefficient (Wildman–Crippen LogP) is 3.43. The highest BCUT2D eigenvalue weighted by Gasteiger charge is 2.42. The zero-order valence-electron chi connectivity index (χ0n) is 18.7. The van der Waals surface area contributed by atoms with Crippen LogP contribution < -0.4 is 5.32 Å². The first-order valence-electron chi connectivity index (χ1n) is 11.2. The second kappa shape index (κ2) is 8.97. The first-order chi connectivity index (χ1) is 16.5. The fourth-order valence-corrected chi connectivity index (χ4v) is 4.29. The van der Waals surface area contributed by atoms with Crippen LogP contribution >= 0.6 is 0 Å². The fourth-order valence-electron chi connectivity index (χ4n) is 4.29. The molecule has 0 spiro atoms. The number of imide groups is 1. The van der Waals surface area contributed by atoms with Gasteiger partial charge in [0.1, 0.15) is 24.4 Å². The van der Waals surface area contributed by atoms with Gasteiger partial charge in [-0.15, -0.1) is 0 Å². The molecule has 2 aromatic carbocycles. The van der Waals surface area contributed by atoms with Gasteiger partial charge < -0.3 is 9.73 Å². The molecule has 0 aliphatic carbocycles. The van der Waals surface area contributed by atoms with Crippen LogP contribution in [-0.4, -0.2) is 46.1 Å². The monoisotopic (exact) mass is 456 g/mol. The third kappa shape index (κ3) is 4.22. The van der Waals surface area contributed by atoms with E-state index in [0.29, 0.717) is 18.6 Å². The van der Waals surface area contributed by atoms with E-state index in [1.165, 1.54) is 5.01 Å². The van der Waals surface area contributed by atoms with Crippen molar-refractivity contribution in [1.29, 1.82) is 0 Å². The van der Waals surface area contributed by atoms with Crippen LogP contribution in [0, 0.1) is 6.92 Å². The maximum atomic E-state index is 13.3. The number of hydrogen-bond acceptors (Lipinski definition) is 5. The van der Waals surface area contributed by atoms with Crippen molar-refractivity contribution >= 4 is 23.6 Å².